The molecule has 2 N–H and O–H groups in total. The maximum Gasteiger partial charge on any atom is 0.283 e. The average molecular weight is 402 g/mol. The largest absolute Gasteiger partial charge is 0.504 e. The van der Waals surface area contributed by atoms with Crippen LogP contribution in [0.2, 0.25) is 5.02 Å². The fourth-order valence-electron chi connectivity index (χ4n) is 2.33. The van der Waals surface area contributed by atoms with Crippen LogP contribution >= 0.6 is 22.9 Å². The molecule has 0 saturated carbocycles. The summed E-state index contributed by atoms with van der Waals surface area (Å²) in [4.78, 5) is 17.3. The van der Waals surface area contributed by atoms with E-state index in [0.717, 1.165) is 10.6 Å². The normalized spacial score (nSPS) is 10.9. The number of phenolic OH excluding ortho intramolecular Hbond substituents is 1. The Labute approximate surface area is 165 Å². The number of ether oxygens (including phenoxy) is 1. The van der Waals surface area contributed by atoms with Crippen LogP contribution in [0.15, 0.2) is 47.6 Å². The van der Waals surface area contributed by atoms with Gasteiger partial charge in [-0.05, 0) is 42.8 Å². The molecule has 1 aromatic heterocycles. The number of nitrogens with one attached hydrogen (secondary N) is 1. The summed E-state index contributed by atoms with van der Waals surface area (Å²) in [7, 11) is 1.47. The van der Waals surface area contributed by atoms with Gasteiger partial charge in [0.25, 0.3) is 5.91 Å². The second-order valence-corrected chi connectivity index (χ2v) is 7.01. The van der Waals surface area contributed by atoms with Gasteiger partial charge in [-0.2, -0.15) is 5.10 Å². The first-order chi connectivity index (χ1) is 13.0. The first kappa shape index (κ1) is 18.9. The van der Waals surface area contributed by atoms with Crippen molar-refractivity contribution in [1.29, 1.82) is 0 Å². The number of aromatic hydroxyl groups is 1. The minimum absolute atomic E-state index is 0.00122. The van der Waals surface area contributed by atoms with Gasteiger partial charge in [-0.1, -0.05) is 23.7 Å². The molecule has 3 aromatic rings. The molecule has 8 heteroatoms. The molecule has 0 spiro atoms. The Morgan fingerprint density at radius 3 is 2.70 bits per heavy atom. The lowest BCUT2D eigenvalue weighted by Crippen LogP contribution is -2.17. The van der Waals surface area contributed by atoms with Crippen LogP contribution in [0, 0.1) is 6.92 Å². The number of thiazole rings is 1. The number of hydrogen-bond acceptors (Lipinski definition) is 6. The highest BCUT2D eigenvalue weighted by Crippen LogP contribution is 2.29. The van der Waals surface area contributed by atoms with Crippen LogP contribution in [0.3, 0.4) is 0 Å². The standard InChI is InChI=1S/C19H16ClN3O3S/c1-11-17(27-19(22-11)13-4-6-14(20)7-5-13)18(25)23-21-10-12-3-8-16(26-2)15(24)9-12/h3-10,24H,1-2H3,(H,23,25)/b21-10+. The van der Waals surface area contributed by atoms with E-state index in [1.807, 2.05) is 12.1 Å². The molecule has 1 amide bonds. The van der Waals surface area contributed by atoms with Gasteiger partial charge in [0.15, 0.2) is 11.5 Å². The lowest BCUT2D eigenvalue weighted by Gasteiger charge is -2.03. The molecule has 3 rings (SSSR count). The highest BCUT2D eigenvalue weighted by molar-refractivity contribution is 7.17. The smallest absolute Gasteiger partial charge is 0.283 e. The predicted octanol–water partition coefficient (Wildman–Crippen LogP) is 4.25. The summed E-state index contributed by atoms with van der Waals surface area (Å²) in [6.45, 7) is 1.77. The zero-order chi connectivity index (χ0) is 19.4. The van der Waals surface area contributed by atoms with Crippen molar-refractivity contribution in [3.05, 3.63) is 63.6 Å². The number of aryl methyl sites for hydroxylation is 1. The summed E-state index contributed by atoms with van der Waals surface area (Å²) in [6.07, 6.45) is 1.44. The highest BCUT2D eigenvalue weighted by atomic mass is 35.5. The Morgan fingerprint density at radius 2 is 2.04 bits per heavy atom. The van der Waals surface area contributed by atoms with Crippen LogP contribution in [0.5, 0.6) is 11.5 Å². The van der Waals surface area contributed by atoms with Gasteiger partial charge < -0.3 is 9.84 Å². The molecule has 0 aliphatic carbocycles. The highest BCUT2D eigenvalue weighted by Gasteiger charge is 2.15. The Hall–Kier alpha value is -2.90. The summed E-state index contributed by atoms with van der Waals surface area (Å²) in [6, 6.07) is 12.1. The zero-order valence-corrected chi connectivity index (χ0v) is 16.1. The van der Waals surface area contributed by atoms with Crippen molar-refractivity contribution in [2.45, 2.75) is 6.92 Å². The van der Waals surface area contributed by atoms with Crippen LogP contribution in [-0.4, -0.2) is 29.3 Å². The van der Waals surface area contributed by atoms with Gasteiger partial charge in [0.1, 0.15) is 9.88 Å². The number of methoxy groups -OCH3 is 1. The minimum atomic E-state index is -0.348. The topological polar surface area (TPSA) is 83.8 Å². The van der Waals surface area contributed by atoms with E-state index in [9.17, 15) is 9.90 Å². The van der Waals surface area contributed by atoms with Gasteiger partial charge in [-0.15, -0.1) is 11.3 Å². The average Bonchev–Trinajstić information content (AvgIpc) is 3.04. The number of benzene rings is 2. The number of aromatic nitrogens is 1. The van der Waals surface area contributed by atoms with Crippen molar-refractivity contribution in [2.75, 3.05) is 7.11 Å². The van der Waals surface area contributed by atoms with Crippen LogP contribution in [0.1, 0.15) is 20.9 Å². The van der Waals surface area contributed by atoms with Crippen molar-refractivity contribution in [2.24, 2.45) is 5.10 Å². The van der Waals surface area contributed by atoms with Gasteiger partial charge in [0.05, 0.1) is 19.0 Å². The Kier molecular flexibility index (Phi) is 5.73. The molecule has 0 aliphatic rings. The Balaban J connectivity index is 1.71. The van der Waals surface area contributed by atoms with Gasteiger partial charge in [-0.25, -0.2) is 10.4 Å². The first-order valence-electron chi connectivity index (χ1n) is 7.91. The summed E-state index contributed by atoms with van der Waals surface area (Å²) >= 11 is 7.18. The lowest BCUT2D eigenvalue weighted by molar-refractivity contribution is 0.0958. The van der Waals surface area contributed by atoms with E-state index in [2.05, 4.69) is 15.5 Å². The molecule has 0 aliphatic heterocycles. The van der Waals surface area contributed by atoms with Crippen molar-refractivity contribution in [3.63, 3.8) is 0 Å². The molecule has 6 nitrogen and oxygen atoms in total. The quantitative estimate of drug-likeness (QED) is 0.494. The predicted molar refractivity (Wildman–Crippen MR) is 107 cm³/mol. The molecule has 0 bridgehead atoms. The zero-order valence-electron chi connectivity index (χ0n) is 14.6. The fourth-order valence-corrected chi connectivity index (χ4v) is 3.41. The number of hydrazone groups is 1. The van der Waals surface area contributed by atoms with Crippen molar-refractivity contribution in [1.82, 2.24) is 10.4 Å². The Bertz CT molecular complexity index is 1000. The van der Waals surface area contributed by atoms with E-state index in [4.69, 9.17) is 16.3 Å². The maximum absolute atomic E-state index is 12.4. The monoisotopic (exact) mass is 401 g/mol. The fraction of sp³-hybridized carbons (Fsp3) is 0.105. The molecular formula is C19H16ClN3O3S. The van der Waals surface area contributed by atoms with E-state index in [-0.39, 0.29) is 11.7 Å². The molecule has 0 saturated heterocycles. The number of hydrogen-bond donors (Lipinski definition) is 2. The summed E-state index contributed by atoms with van der Waals surface area (Å²) in [5, 5.41) is 15.1. The van der Waals surface area contributed by atoms with Crippen LogP contribution < -0.4 is 10.2 Å². The van der Waals surface area contributed by atoms with Gasteiger partial charge in [0, 0.05) is 10.6 Å². The van der Waals surface area contributed by atoms with Gasteiger partial charge >= 0.3 is 0 Å². The molecule has 27 heavy (non-hydrogen) atoms. The van der Waals surface area contributed by atoms with Crippen molar-refractivity contribution in [3.8, 4) is 22.1 Å². The molecule has 0 atom stereocenters. The summed E-state index contributed by atoms with van der Waals surface area (Å²) in [5.41, 5.74) is 4.62. The Morgan fingerprint density at radius 1 is 1.30 bits per heavy atom. The third-order valence-electron chi connectivity index (χ3n) is 3.68. The molecule has 0 fully saturated rings. The van der Waals surface area contributed by atoms with E-state index in [0.29, 0.717) is 26.9 Å². The third-order valence-corrected chi connectivity index (χ3v) is 5.13. The van der Waals surface area contributed by atoms with Gasteiger partial charge in [0.2, 0.25) is 0 Å². The SMILES string of the molecule is COc1ccc(/C=N/NC(=O)c2sc(-c3ccc(Cl)cc3)nc2C)cc1O. The van der Waals surface area contributed by atoms with Crippen LogP contribution in [-0.2, 0) is 0 Å². The van der Waals surface area contributed by atoms with Crippen LogP contribution in [0.4, 0.5) is 0 Å². The lowest BCUT2D eigenvalue weighted by atomic mass is 10.2. The number of phenols is 1. The number of carbonyl (C=O) groups excluding carboxylic acids is 1. The minimum Gasteiger partial charge on any atom is -0.504 e. The van der Waals surface area contributed by atoms with Crippen molar-refractivity contribution >= 4 is 35.1 Å². The van der Waals surface area contributed by atoms with Gasteiger partial charge in [-0.3, -0.25) is 4.79 Å². The second kappa shape index (κ2) is 8.20. The molecule has 0 unspecified atom stereocenters. The van der Waals surface area contributed by atoms with E-state index >= 15 is 0 Å². The number of rotatable bonds is 5. The summed E-state index contributed by atoms with van der Waals surface area (Å²) < 4.78 is 4.98. The number of nitrogens with zero attached hydrogens (tertiary/aromatic N) is 2. The molecule has 2 aromatic carbocycles. The second-order valence-electron chi connectivity index (χ2n) is 5.57. The van der Waals surface area contributed by atoms with Crippen molar-refractivity contribution < 1.29 is 14.6 Å². The van der Waals surface area contributed by atoms with E-state index < -0.39 is 0 Å². The van der Waals surface area contributed by atoms with E-state index in [1.54, 1.807) is 31.2 Å². The molecule has 1 heterocycles. The van der Waals surface area contributed by atoms with Crippen LogP contribution in [0.25, 0.3) is 10.6 Å². The maximum atomic E-state index is 12.4. The number of carbonyl (C=O) groups is 1. The van der Waals surface area contributed by atoms with E-state index in [1.165, 1.54) is 30.7 Å². The molecule has 0 radical (unpaired) electrons. The number of amides is 1. The summed E-state index contributed by atoms with van der Waals surface area (Å²) in [5.74, 6) is 0.0177. The first-order valence-corrected chi connectivity index (χ1v) is 9.11. The number of halogens is 1. The molecular weight excluding hydrogens is 386 g/mol. The molecule has 138 valence electrons. The third kappa shape index (κ3) is 4.45.